The third-order valence-electron chi connectivity index (χ3n) is 15.6. The Morgan fingerprint density at radius 2 is 0.716 bits per heavy atom. The Hall–Kier alpha value is -7.86. The van der Waals surface area contributed by atoms with E-state index in [-0.39, 0.29) is 80.8 Å². The number of aryl methyl sites for hydroxylation is 6. The summed E-state index contributed by atoms with van der Waals surface area (Å²) in [5, 5.41) is 113. The highest BCUT2D eigenvalue weighted by molar-refractivity contribution is 5.52. The van der Waals surface area contributed by atoms with Gasteiger partial charge in [0.05, 0.1) is 0 Å². The summed E-state index contributed by atoms with van der Waals surface area (Å²) in [4.78, 5) is 0. The second-order valence-electron chi connectivity index (χ2n) is 22.6. The van der Waals surface area contributed by atoms with E-state index in [1.54, 1.807) is 36.4 Å². The first-order valence-corrected chi connectivity index (χ1v) is 28.5. The minimum absolute atomic E-state index is 0.101. The lowest BCUT2D eigenvalue weighted by Gasteiger charge is -2.17. The third-order valence-corrected chi connectivity index (χ3v) is 15.6. The highest BCUT2D eigenvalue weighted by Crippen LogP contribution is 2.47. The molecule has 7 aromatic rings. The Morgan fingerprint density at radius 3 is 1.09 bits per heavy atom. The molecular weight excluding hydrogens is 1020 g/mol. The van der Waals surface area contributed by atoms with Crippen LogP contribution in [-0.2, 0) is 12.8 Å². The van der Waals surface area contributed by atoms with E-state index in [0.29, 0.717) is 11.8 Å². The highest BCUT2D eigenvalue weighted by atomic mass is 16.3. The molecule has 81 heavy (non-hydrogen) atoms. The van der Waals surface area contributed by atoms with Crippen LogP contribution in [0, 0.1) is 47.5 Å². The van der Waals surface area contributed by atoms with Crippen LogP contribution in [0.25, 0.3) is 0 Å². The van der Waals surface area contributed by atoms with E-state index in [1.807, 2.05) is 92.6 Å². The van der Waals surface area contributed by atoms with E-state index >= 15 is 0 Å². The van der Waals surface area contributed by atoms with Crippen molar-refractivity contribution in [1.82, 2.24) is 0 Å². The van der Waals surface area contributed by atoms with Gasteiger partial charge in [0, 0.05) is 59.0 Å². The molecule has 0 bridgehead atoms. The second-order valence-corrected chi connectivity index (χ2v) is 22.6. The minimum atomic E-state index is 0.101. The van der Waals surface area contributed by atoms with Crippen LogP contribution in [0.15, 0.2) is 103 Å². The summed E-state index contributed by atoms with van der Waals surface area (Å²) in [5.41, 5.74) is 12.7. The monoisotopic (exact) mass is 1110 g/mol. The molecule has 3 saturated carbocycles. The van der Waals surface area contributed by atoms with Gasteiger partial charge in [0.2, 0.25) is 0 Å². The average Bonchev–Trinajstić information content (AvgIpc) is 3.77. The number of hydrogen-bond donors (Lipinski definition) is 12. The van der Waals surface area contributed by atoms with E-state index in [9.17, 15) is 46.0 Å². The first kappa shape index (κ1) is 64.0. The van der Waals surface area contributed by atoms with Gasteiger partial charge in [-0.3, -0.25) is 0 Å². The van der Waals surface area contributed by atoms with Crippen molar-refractivity contribution in [3.63, 3.8) is 0 Å². The molecule has 10 rings (SSSR count). The standard InChI is InChI=1S/C15H16O2.C13H18O2.C12H16O2.C10H12O2.C10H14O2.C9H12O2/c1-10-8-13(16)9-14(17)15(10)11(2)12-6-4-3-5-7-12;1-9-6-11(14)8-13(15)12(9)7-10-4-2-3-5-10;1-8-6-10(13)7-11(14)12(8)9-4-2-3-5-9;1-6-4-8(11)5-9(12)10(6)7-2-3-7;1-6(2)10-7(3)4-8(11)5-9(10)12;1-3-8-6(2)4-7(10)5-9(8)11/h3-9,11,16-17H,1-2H3;6,8,10,14-15H,2-5,7H2,1H3;6-7,9,13-14H,2-5H2,1H3;4-5,7,11-12H,2-3H2,1H3;4-6,11-12H,1-3H3;4-5,10-11H,3H2,1-2H3. The van der Waals surface area contributed by atoms with Crippen molar-refractivity contribution in [3.8, 4) is 69.0 Å². The number of aromatic hydroxyl groups is 12. The molecular formula is C69H88O12. The first-order valence-electron chi connectivity index (χ1n) is 28.5. The molecule has 0 radical (unpaired) electrons. The molecule has 3 fully saturated rings. The minimum Gasteiger partial charge on any atom is -0.508 e. The Balaban J connectivity index is 0.000000179. The molecule has 1 atom stereocenters. The van der Waals surface area contributed by atoms with Crippen LogP contribution in [0.1, 0.15) is 188 Å². The second kappa shape index (κ2) is 29.6. The predicted molar refractivity (Wildman–Crippen MR) is 323 cm³/mol. The normalized spacial score (nSPS) is 14.2. The van der Waals surface area contributed by atoms with Gasteiger partial charge in [-0.15, -0.1) is 0 Å². The van der Waals surface area contributed by atoms with Crippen LogP contribution < -0.4 is 0 Å². The topological polar surface area (TPSA) is 243 Å². The summed E-state index contributed by atoms with van der Waals surface area (Å²) < 4.78 is 0. The van der Waals surface area contributed by atoms with E-state index in [0.717, 1.165) is 91.1 Å². The molecule has 3 aliphatic rings. The summed E-state index contributed by atoms with van der Waals surface area (Å²) in [6.45, 7) is 19.5. The van der Waals surface area contributed by atoms with Gasteiger partial charge in [-0.2, -0.15) is 0 Å². The molecule has 0 aliphatic heterocycles. The summed E-state index contributed by atoms with van der Waals surface area (Å²) in [6, 6.07) is 28.6. The van der Waals surface area contributed by atoms with Crippen LogP contribution >= 0.6 is 0 Å². The van der Waals surface area contributed by atoms with Crippen molar-refractivity contribution in [2.24, 2.45) is 5.92 Å². The molecule has 12 nitrogen and oxygen atoms in total. The number of hydrogen-bond acceptors (Lipinski definition) is 12. The average molecular weight is 1110 g/mol. The Bertz CT molecular complexity index is 2970. The van der Waals surface area contributed by atoms with Gasteiger partial charge in [-0.25, -0.2) is 0 Å². The summed E-state index contributed by atoms with van der Waals surface area (Å²) in [5.74, 6) is 4.21. The molecule has 12 heteroatoms. The molecule has 0 spiro atoms. The Morgan fingerprint density at radius 1 is 0.370 bits per heavy atom. The SMILES string of the molecule is CCc1c(C)cc(O)cc1O.Cc1cc(O)cc(O)c1C(C)C.Cc1cc(O)cc(O)c1C(C)c1ccccc1.Cc1cc(O)cc(O)c1C1CC1.Cc1cc(O)cc(O)c1C1CCCC1.Cc1cc(O)cc(O)c1CC1CCCC1. The van der Waals surface area contributed by atoms with Crippen molar-refractivity contribution in [1.29, 1.82) is 0 Å². The molecule has 0 heterocycles. The maximum Gasteiger partial charge on any atom is 0.123 e. The number of phenolic OH excluding ortho intramolecular Hbond substituents is 12. The van der Waals surface area contributed by atoms with Gasteiger partial charge in [-0.05, 0) is 196 Å². The third kappa shape index (κ3) is 18.3. The predicted octanol–water partition coefficient (Wildman–Crippen LogP) is 16.5. The molecule has 1 unspecified atom stereocenters. The van der Waals surface area contributed by atoms with Crippen LogP contribution in [0.4, 0.5) is 0 Å². The van der Waals surface area contributed by atoms with Crippen molar-refractivity contribution in [2.45, 2.75) is 170 Å². The van der Waals surface area contributed by atoms with Gasteiger partial charge in [0.1, 0.15) is 69.0 Å². The number of rotatable bonds is 8. The van der Waals surface area contributed by atoms with Crippen LogP contribution in [0.5, 0.6) is 69.0 Å². The van der Waals surface area contributed by atoms with E-state index < -0.39 is 0 Å². The van der Waals surface area contributed by atoms with Gasteiger partial charge in [0.15, 0.2) is 0 Å². The zero-order valence-electron chi connectivity index (χ0n) is 49.1. The highest BCUT2D eigenvalue weighted by Gasteiger charge is 2.28. The fourth-order valence-corrected chi connectivity index (χ4v) is 11.7. The van der Waals surface area contributed by atoms with Gasteiger partial charge >= 0.3 is 0 Å². The summed E-state index contributed by atoms with van der Waals surface area (Å²) in [7, 11) is 0. The fraction of sp³-hybridized carbons (Fsp3) is 0.391. The maximum absolute atomic E-state index is 9.94. The zero-order valence-corrected chi connectivity index (χ0v) is 49.1. The number of phenols is 12. The molecule has 0 aromatic heterocycles. The van der Waals surface area contributed by atoms with E-state index in [2.05, 4.69) is 6.92 Å². The summed E-state index contributed by atoms with van der Waals surface area (Å²) in [6.07, 6.45) is 14.1. The largest absolute Gasteiger partial charge is 0.508 e. The van der Waals surface area contributed by atoms with Crippen LogP contribution in [-0.4, -0.2) is 61.3 Å². The lowest BCUT2D eigenvalue weighted by atomic mass is 9.89. The van der Waals surface area contributed by atoms with E-state index in [4.69, 9.17) is 15.3 Å². The lowest BCUT2D eigenvalue weighted by molar-refractivity contribution is 0.437. The van der Waals surface area contributed by atoms with Gasteiger partial charge < -0.3 is 61.3 Å². The summed E-state index contributed by atoms with van der Waals surface area (Å²) >= 11 is 0. The molecule has 12 N–H and O–H groups in total. The van der Waals surface area contributed by atoms with Crippen molar-refractivity contribution < 1.29 is 61.3 Å². The molecule has 0 amide bonds. The molecule has 436 valence electrons. The van der Waals surface area contributed by atoms with Crippen LogP contribution in [0.3, 0.4) is 0 Å². The van der Waals surface area contributed by atoms with Crippen molar-refractivity contribution in [2.75, 3.05) is 0 Å². The lowest BCUT2D eigenvalue weighted by Crippen LogP contribution is -2.01. The van der Waals surface area contributed by atoms with Gasteiger partial charge in [-0.1, -0.05) is 96.6 Å². The Labute approximate surface area is 479 Å². The van der Waals surface area contributed by atoms with Gasteiger partial charge in [0.25, 0.3) is 0 Å². The number of benzene rings is 7. The molecule has 3 aliphatic carbocycles. The maximum atomic E-state index is 9.94. The first-order chi connectivity index (χ1) is 38.3. The molecule has 0 saturated heterocycles. The van der Waals surface area contributed by atoms with Crippen LogP contribution in [0.2, 0.25) is 0 Å². The molecule has 7 aromatic carbocycles. The Kier molecular flexibility index (Phi) is 23.3. The smallest absolute Gasteiger partial charge is 0.123 e. The fourth-order valence-electron chi connectivity index (χ4n) is 11.7. The zero-order chi connectivity index (χ0) is 59.8. The van der Waals surface area contributed by atoms with Crippen molar-refractivity contribution >= 4 is 0 Å². The van der Waals surface area contributed by atoms with E-state index in [1.165, 1.54) is 101 Å². The van der Waals surface area contributed by atoms with Crippen molar-refractivity contribution in [3.05, 3.63) is 175 Å². The quantitative estimate of drug-likeness (QED) is 0.0680.